The SMILES string of the molecule is CCOC(=O)C1(C(=O)OCC)N[C@H](c2ccc(Br)cc2)[C@H](C(=O)OC)[C@@H]1C(=O)OC. The van der Waals surface area contributed by atoms with Gasteiger partial charge >= 0.3 is 23.9 Å². The van der Waals surface area contributed by atoms with Crippen LogP contribution in [0.4, 0.5) is 0 Å². The molecule has 1 N–H and O–H groups in total. The van der Waals surface area contributed by atoms with E-state index in [4.69, 9.17) is 18.9 Å². The Balaban J connectivity index is 2.75. The summed E-state index contributed by atoms with van der Waals surface area (Å²) in [4.78, 5) is 51.7. The van der Waals surface area contributed by atoms with Crippen molar-refractivity contribution in [3.05, 3.63) is 34.3 Å². The van der Waals surface area contributed by atoms with Crippen molar-refractivity contribution in [1.82, 2.24) is 5.32 Å². The highest BCUT2D eigenvalue weighted by Gasteiger charge is 2.69. The summed E-state index contributed by atoms with van der Waals surface area (Å²) >= 11 is 3.33. The van der Waals surface area contributed by atoms with E-state index in [9.17, 15) is 19.2 Å². The summed E-state index contributed by atoms with van der Waals surface area (Å²) < 4.78 is 20.8. The summed E-state index contributed by atoms with van der Waals surface area (Å²) in [5.74, 6) is -6.63. The average Bonchev–Trinajstić information content (AvgIpc) is 3.11. The van der Waals surface area contributed by atoms with Crippen molar-refractivity contribution in [2.45, 2.75) is 25.4 Å². The van der Waals surface area contributed by atoms with E-state index in [0.29, 0.717) is 5.56 Å². The minimum absolute atomic E-state index is 0.0542. The minimum Gasteiger partial charge on any atom is -0.469 e. The zero-order chi connectivity index (χ0) is 22.5. The first kappa shape index (κ1) is 23.8. The van der Waals surface area contributed by atoms with Gasteiger partial charge in [-0.15, -0.1) is 0 Å². The largest absolute Gasteiger partial charge is 0.469 e. The Morgan fingerprint density at radius 2 is 1.43 bits per heavy atom. The lowest BCUT2D eigenvalue weighted by atomic mass is 9.77. The number of hydrogen-bond donors (Lipinski definition) is 1. The Morgan fingerprint density at radius 3 is 1.87 bits per heavy atom. The molecule has 10 heteroatoms. The summed E-state index contributed by atoms with van der Waals surface area (Å²) in [6.45, 7) is 3.01. The van der Waals surface area contributed by atoms with Gasteiger partial charge in [-0.2, -0.15) is 0 Å². The van der Waals surface area contributed by atoms with Crippen LogP contribution in [0, 0.1) is 11.8 Å². The van der Waals surface area contributed by atoms with Crippen LogP contribution in [0.2, 0.25) is 0 Å². The molecule has 9 nitrogen and oxygen atoms in total. The van der Waals surface area contributed by atoms with Crippen LogP contribution < -0.4 is 5.32 Å². The van der Waals surface area contributed by atoms with Gasteiger partial charge in [0.1, 0.15) is 5.92 Å². The van der Waals surface area contributed by atoms with Gasteiger partial charge in [0.2, 0.25) is 5.54 Å². The summed E-state index contributed by atoms with van der Waals surface area (Å²) in [5, 5.41) is 2.87. The Hall–Kier alpha value is -2.46. The van der Waals surface area contributed by atoms with Crippen LogP contribution in [0.25, 0.3) is 0 Å². The average molecular weight is 486 g/mol. The maximum absolute atomic E-state index is 13.0. The van der Waals surface area contributed by atoms with Crippen LogP contribution in [0.1, 0.15) is 25.5 Å². The quantitative estimate of drug-likeness (QED) is 0.348. The van der Waals surface area contributed by atoms with Gasteiger partial charge in [0.25, 0.3) is 0 Å². The van der Waals surface area contributed by atoms with E-state index in [1.807, 2.05) is 0 Å². The number of ether oxygens (including phenoxy) is 4. The first-order chi connectivity index (χ1) is 14.3. The van der Waals surface area contributed by atoms with Crippen LogP contribution in [-0.4, -0.2) is 56.8 Å². The maximum atomic E-state index is 13.0. The lowest BCUT2D eigenvalue weighted by Crippen LogP contribution is -2.62. The van der Waals surface area contributed by atoms with Crippen molar-refractivity contribution in [2.75, 3.05) is 27.4 Å². The molecule has 2 rings (SSSR count). The maximum Gasteiger partial charge on any atom is 0.339 e. The lowest BCUT2D eigenvalue weighted by Gasteiger charge is -2.30. The molecule has 1 fully saturated rings. The van der Waals surface area contributed by atoms with Crippen LogP contribution in [0.5, 0.6) is 0 Å². The van der Waals surface area contributed by atoms with Gasteiger partial charge in [0.15, 0.2) is 0 Å². The Labute approximate surface area is 182 Å². The van der Waals surface area contributed by atoms with Gasteiger partial charge in [-0.05, 0) is 31.5 Å². The molecule has 1 aromatic carbocycles. The zero-order valence-electron chi connectivity index (χ0n) is 17.1. The van der Waals surface area contributed by atoms with Crippen molar-refractivity contribution in [2.24, 2.45) is 11.8 Å². The molecule has 0 unspecified atom stereocenters. The minimum atomic E-state index is -2.28. The smallest absolute Gasteiger partial charge is 0.339 e. The summed E-state index contributed by atoms with van der Waals surface area (Å²) in [5.41, 5.74) is -1.73. The topological polar surface area (TPSA) is 117 Å². The van der Waals surface area contributed by atoms with Crippen molar-refractivity contribution in [3.63, 3.8) is 0 Å². The molecule has 0 saturated carbocycles. The molecule has 0 aliphatic carbocycles. The van der Waals surface area contributed by atoms with Gasteiger partial charge in [-0.25, -0.2) is 9.59 Å². The molecule has 0 bridgehead atoms. The molecule has 164 valence electrons. The molecule has 1 heterocycles. The molecule has 30 heavy (non-hydrogen) atoms. The number of benzene rings is 1. The van der Waals surface area contributed by atoms with E-state index in [2.05, 4.69) is 21.2 Å². The first-order valence-electron chi connectivity index (χ1n) is 9.31. The summed E-state index contributed by atoms with van der Waals surface area (Å²) in [7, 11) is 2.26. The number of carbonyl (C=O) groups excluding carboxylic acids is 4. The second kappa shape index (κ2) is 10.0. The van der Waals surface area contributed by atoms with E-state index >= 15 is 0 Å². The van der Waals surface area contributed by atoms with Crippen LogP contribution in [-0.2, 0) is 38.1 Å². The van der Waals surface area contributed by atoms with Crippen molar-refractivity contribution >= 4 is 39.8 Å². The van der Waals surface area contributed by atoms with Gasteiger partial charge in [0, 0.05) is 10.5 Å². The zero-order valence-corrected chi connectivity index (χ0v) is 18.7. The highest BCUT2D eigenvalue weighted by molar-refractivity contribution is 9.10. The van der Waals surface area contributed by atoms with E-state index < -0.39 is 47.3 Å². The third kappa shape index (κ3) is 4.20. The van der Waals surface area contributed by atoms with Crippen molar-refractivity contribution in [1.29, 1.82) is 0 Å². The summed E-state index contributed by atoms with van der Waals surface area (Å²) in [6.07, 6.45) is 0. The van der Waals surface area contributed by atoms with Crippen LogP contribution in [0.15, 0.2) is 28.7 Å². The van der Waals surface area contributed by atoms with Crippen LogP contribution >= 0.6 is 15.9 Å². The van der Waals surface area contributed by atoms with Crippen LogP contribution in [0.3, 0.4) is 0 Å². The van der Waals surface area contributed by atoms with Crippen molar-refractivity contribution in [3.8, 4) is 0 Å². The molecular formula is C20H24BrNO8. The van der Waals surface area contributed by atoms with E-state index in [1.165, 1.54) is 0 Å². The highest BCUT2D eigenvalue weighted by atomic mass is 79.9. The molecule has 1 aliphatic rings. The lowest BCUT2D eigenvalue weighted by molar-refractivity contribution is -0.175. The molecule has 1 saturated heterocycles. The standard InChI is InChI=1S/C20H24BrNO8/c1-5-29-18(25)20(19(26)30-6-2)14(17(24)28-4)13(16(23)27-3)15(22-20)11-7-9-12(21)10-8-11/h7-10,13-15,22H,5-6H2,1-4H3/t13-,14-,15-/m1/s1. The predicted octanol–water partition coefficient (Wildman–Crippen LogP) is 1.54. The molecule has 0 radical (unpaired) electrons. The van der Waals surface area contributed by atoms with Gasteiger partial charge in [-0.1, -0.05) is 28.1 Å². The van der Waals surface area contributed by atoms with E-state index in [-0.39, 0.29) is 13.2 Å². The van der Waals surface area contributed by atoms with Gasteiger partial charge < -0.3 is 18.9 Å². The number of nitrogens with one attached hydrogen (secondary N) is 1. The number of hydrogen-bond acceptors (Lipinski definition) is 9. The van der Waals surface area contributed by atoms with E-state index in [0.717, 1.165) is 18.7 Å². The number of rotatable bonds is 7. The Bertz CT molecular complexity index is 792. The monoisotopic (exact) mass is 485 g/mol. The molecular weight excluding hydrogens is 462 g/mol. The normalized spacial score (nSPS) is 22.1. The third-order valence-electron chi connectivity index (χ3n) is 4.92. The number of methoxy groups -OCH3 is 2. The fourth-order valence-corrected chi connectivity index (χ4v) is 3.92. The highest BCUT2D eigenvalue weighted by Crippen LogP contribution is 2.46. The molecule has 0 amide bonds. The number of halogens is 1. The fraction of sp³-hybridized carbons (Fsp3) is 0.500. The molecule has 3 atom stereocenters. The Morgan fingerprint density at radius 1 is 0.933 bits per heavy atom. The number of esters is 4. The fourth-order valence-electron chi connectivity index (χ4n) is 3.65. The molecule has 0 spiro atoms. The second-order valence-electron chi connectivity index (χ2n) is 6.47. The van der Waals surface area contributed by atoms with Crippen molar-refractivity contribution < 1.29 is 38.1 Å². The molecule has 1 aromatic rings. The molecule has 0 aromatic heterocycles. The number of carbonyl (C=O) groups is 4. The first-order valence-corrected chi connectivity index (χ1v) is 10.1. The Kier molecular flexibility index (Phi) is 7.96. The third-order valence-corrected chi connectivity index (χ3v) is 5.45. The predicted molar refractivity (Wildman–Crippen MR) is 107 cm³/mol. The summed E-state index contributed by atoms with van der Waals surface area (Å²) in [6, 6.07) is 5.92. The van der Waals surface area contributed by atoms with Gasteiger partial charge in [-0.3, -0.25) is 14.9 Å². The second-order valence-corrected chi connectivity index (χ2v) is 7.39. The van der Waals surface area contributed by atoms with Gasteiger partial charge in [0.05, 0.1) is 33.4 Å². The molecule has 1 aliphatic heterocycles. The van der Waals surface area contributed by atoms with E-state index in [1.54, 1.807) is 38.1 Å².